The summed E-state index contributed by atoms with van der Waals surface area (Å²) in [5.74, 6) is -0.000693. The highest BCUT2D eigenvalue weighted by Crippen LogP contribution is 2.55. The predicted molar refractivity (Wildman–Crippen MR) is 132 cm³/mol. The molecular formula is C25H33ClN2O5S. The van der Waals surface area contributed by atoms with Crippen molar-refractivity contribution < 1.29 is 22.7 Å². The van der Waals surface area contributed by atoms with E-state index < -0.39 is 27.6 Å². The molecule has 3 unspecified atom stereocenters. The molecule has 3 aliphatic rings. The topological polar surface area (TPSA) is 108 Å². The van der Waals surface area contributed by atoms with Gasteiger partial charge in [0.15, 0.2) is 0 Å². The van der Waals surface area contributed by atoms with E-state index in [1.807, 2.05) is 44.2 Å². The van der Waals surface area contributed by atoms with Gasteiger partial charge in [0.05, 0.1) is 17.9 Å². The fraction of sp³-hybridized carbons (Fsp3) is 0.560. The van der Waals surface area contributed by atoms with Gasteiger partial charge in [-0.25, -0.2) is 13.1 Å². The monoisotopic (exact) mass is 508 g/mol. The van der Waals surface area contributed by atoms with Crippen molar-refractivity contribution in [1.29, 1.82) is 0 Å². The van der Waals surface area contributed by atoms with Crippen LogP contribution in [0.15, 0.2) is 42.0 Å². The Morgan fingerprint density at radius 2 is 2.09 bits per heavy atom. The summed E-state index contributed by atoms with van der Waals surface area (Å²) in [6, 6.07) is 5.52. The molecule has 1 aromatic rings. The SMILES string of the molecule is CC(C)OC1C(CCC(N)=O)=CC=CC1(NS(C)(=O)=O)C1CC2(CCC2)Oc2ccc(Cl)cc21. The minimum absolute atomic E-state index is 0.146. The zero-order valence-corrected chi connectivity index (χ0v) is 21.4. The van der Waals surface area contributed by atoms with E-state index in [1.54, 1.807) is 6.07 Å². The molecule has 1 spiro atoms. The van der Waals surface area contributed by atoms with Gasteiger partial charge in [-0.1, -0.05) is 29.8 Å². The molecule has 1 aliphatic heterocycles. The maximum atomic E-state index is 12.8. The van der Waals surface area contributed by atoms with Crippen LogP contribution in [-0.4, -0.2) is 43.9 Å². The maximum Gasteiger partial charge on any atom is 0.217 e. The van der Waals surface area contributed by atoms with Crippen molar-refractivity contribution in [3.63, 3.8) is 0 Å². The summed E-state index contributed by atoms with van der Waals surface area (Å²) in [4.78, 5) is 11.6. The number of rotatable bonds is 8. The molecule has 186 valence electrons. The molecule has 1 fully saturated rings. The van der Waals surface area contributed by atoms with E-state index in [1.165, 1.54) is 0 Å². The quantitative estimate of drug-likeness (QED) is 0.552. The van der Waals surface area contributed by atoms with Crippen LogP contribution in [0.3, 0.4) is 0 Å². The van der Waals surface area contributed by atoms with Crippen molar-refractivity contribution in [2.45, 2.75) is 81.6 Å². The van der Waals surface area contributed by atoms with Crippen molar-refractivity contribution in [2.24, 2.45) is 5.73 Å². The van der Waals surface area contributed by atoms with Gasteiger partial charge in [-0.3, -0.25) is 4.79 Å². The number of allylic oxidation sites excluding steroid dienone is 2. The molecule has 0 bridgehead atoms. The first-order valence-electron chi connectivity index (χ1n) is 11.7. The number of carbonyl (C=O) groups is 1. The Hall–Kier alpha value is -1.87. The minimum atomic E-state index is -3.67. The molecule has 3 atom stereocenters. The molecule has 9 heteroatoms. The standard InChI is InChI=1S/C25H33ClN2O5S/c1-16(2)32-23-17(7-10-22(27)29)6-4-13-25(23,28-34(3,30)31)20-15-24(11-5-12-24)33-21-9-8-18(26)14-19(20)21/h4,6,8-9,13-14,16,20,23,28H,5,7,10-12,15H2,1-3H3,(H2,27,29). The summed E-state index contributed by atoms with van der Waals surface area (Å²) in [5, 5.41) is 0.553. The van der Waals surface area contributed by atoms with E-state index >= 15 is 0 Å². The Balaban J connectivity index is 1.89. The van der Waals surface area contributed by atoms with E-state index in [2.05, 4.69) is 4.72 Å². The van der Waals surface area contributed by atoms with Crippen LogP contribution in [0.4, 0.5) is 0 Å². The van der Waals surface area contributed by atoms with Gasteiger partial charge < -0.3 is 15.2 Å². The van der Waals surface area contributed by atoms with Crippen LogP contribution >= 0.6 is 11.6 Å². The van der Waals surface area contributed by atoms with Gasteiger partial charge in [-0.15, -0.1) is 0 Å². The van der Waals surface area contributed by atoms with E-state index in [-0.39, 0.29) is 24.0 Å². The Morgan fingerprint density at radius 3 is 2.68 bits per heavy atom. The van der Waals surface area contributed by atoms with Crippen LogP contribution in [0.5, 0.6) is 5.75 Å². The molecule has 0 radical (unpaired) electrons. The largest absolute Gasteiger partial charge is 0.487 e. The summed E-state index contributed by atoms with van der Waals surface area (Å²) in [6.07, 6.45) is 9.99. The van der Waals surface area contributed by atoms with Crippen LogP contribution in [0.2, 0.25) is 5.02 Å². The van der Waals surface area contributed by atoms with Crippen molar-refractivity contribution in [2.75, 3.05) is 6.26 Å². The third-order valence-electron chi connectivity index (χ3n) is 6.97. The lowest BCUT2D eigenvalue weighted by molar-refractivity contribution is -0.118. The zero-order chi connectivity index (χ0) is 24.7. The highest BCUT2D eigenvalue weighted by Gasteiger charge is 2.56. The molecule has 7 nitrogen and oxygen atoms in total. The number of primary amides is 1. The second-order valence-electron chi connectivity index (χ2n) is 10.0. The lowest BCUT2D eigenvalue weighted by atomic mass is 9.62. The van der Waals surface area contributed by atoms with Crippen LogP contribution < -0.4 is 15.2 Å². The Labute approximate surface area is 206 Å². The molecule has 1 heterocycles. The first-order valence-corrected chi connectivity index (χ1v) is 14.0. The molecule has 2 aliphatic carbocycles. The number of sulfonamides is 1. The molecule has 34 heavy (non-hydrogen) atoms. The number of halogens is 1. The van der Waals surface area contributed by atoms with E-state index in [9.17, 15) is 13.2 Å². The van der Waals surface area contributed by atoms with Crippen LogP contribution in [0, 0.1) is 0 Å². The third kappa shape index (κ3) is 5.05. The summed E-state index contributed by atoms with van der Waals surface area (Å²) >= 11 is 6.41. The summed E-state index contributed by atoms with van der Waals surface area (Å²) in [6.45, 7) is 3.83. The van der Waals surface area contributed by atoms with Crippen molar-refractivity contribution in [3.05, 3.63) is 52.6 Å². The van der Waals surface area contributed by atoms with Gasteiger partial charge in [0, 0.05) is 22.9 Å². The minimum Gasteiger partial charge on any atom is -0.487 e. The Morgan fingerprint density at radius 1 is 1.35 bits per heavy atom. The molecule has 1 amide bonds. The fourth-order valence-electron chi connectivity index (χ4n) is 5.49. The second-order valence-corrected chi connectivity index (χ2v) is 12.2. The second kappa shape index (κ2) is 9.30. The lowest BCUT2D eigenvalue weighted by Gasteiger charge is -2.54. The molecule has 0 aromatic heterocycles. The zero-order valence-electron chi connectivity index (χ0n) is 19.8. The molecule has 3 N–H and O–H groups in total. The van der Waals surface area contributed by atoms with Crippen LogP contribution in [-0.2, 0) is 19.6 Å². The van der Waals surface area contributed by atoms with Crippen LogP contribution in [0.1, 0.15) is 63.9 Å². The van der Waals surface area contributed by atoms with Gasteiger partial charge in [-0.05, 0) is 69.7 Å². The number of amides is 1. The van der Waals surface area contributed by atoms with Gasteiger partial charge in [0.1, 0.15) is 17.5 Å². The van der Waals surface area contributed by atoms with Gasteiger partial charge in [0.25, 0.3) is 0 Å². The molecule has 1 aromatic carbocycles. The smallest absolute Gasteiger partial charge is 0.217 e. The normalized spacial score (nSPS) is 27.6. The number of carbonyl (C=O) groups excluding carboxylic acids is 1. The van der Waals surface area contributed by atoms with E-state index in [0.717, 1.165) is 42.4 Å². The number of nitrogens with one attached hydrogen (secondary N) is 1. The lowest BCUT2D eigenvalue weighted by Crippen LogP contribution is -2.64. The Bertz CT molecular complexity index is 1130. The van der Waals surface area contributed by atoms with Crippen LogP contribution in [0.25, 0.3) is 0 Å². The number of ether oxygens (including phenoxy) is 2. The molecule has 0 saturated heterocycles. The number of hydrogen-bond donors (Lipinski definition) is 2. The predicted octanol–water partition coefficient (Wildman–Crippen LogP) is 3.97. The highest BCUT2D eigenvalue weighted by atomic mass is 35.5. The first kappa shape index (κ1) is 25.2. The highest BCUT2D eigenvalue weighted by molar-refractivity contribution is 7.88. The third-order valence-corrected chi connectivity index (χ3v) is 7.93. The molecular weight excluding hydrogens is 476 g/mol. The van der Waals surface area contributed by atoms with Crippen molar-refractivity contribution in [3.8, 4) is 5.75 Å². The molecule has 4 rings (SSSR count). The average molecular weight is 509 g/mol. The number of benzene rings is 1. The maximum absolute atomic E-state index is 12.8. The summed E-state index contributed by atoms with van der Waals surface area (Å²) < 4.78 is 41.5. The summed E-state index contributed by atoms with van der Waals surface area (Å²) in [5.41, 5.74) is 5.63. The van der Waals surface area contributed by atoms with E-state index in [4.69, 9.17) is 26.8 Å². The average Bonchev–Trinajstić information content (AvgIpc) is 2.70. The van der Waals surface area contributed by atoms with E-state index in [0.29, 0.717) is 17.9 Å². The van der Waals surface area contributed by atoms with Crippen molar-refractivity contribution >= 4 is 27.5 Å². The number of fused-ring (bicyclic) bond motifs is 1. The van der Waals surface area contributed by atoms with Gasteiger partial charge >= 0.3 is 0 Å². The van der Waals surface area contributed by atoms with Crippen molar-refractivity contribution in [1.82, 2.24) is 4.72 Å². The Kier molecular flexibility index (Phi) is 6.90. The first-order chi connectivity index (χ1) is 15.9. The number of nitrogens with two attached hydrogens (primary N) is 1. The summed E-state index contributed by atoms with van der Waals surface area (Å²) in [7, 11) is -3.67. The van der Waals surface area contributed by atoms with Gasteiger partial charge in [-0.2, -0.15) is 0 Å². The molecule has 1 saturated carbocycles. The fourth-order valence-corrected chi connectivity index (χ4v) is 6.63. The number of hydrogen-bond acceptors (Lipinski definition) is 5. The van der Waals surface area contributed by atoms with Gasteiger partial charge in [0.2, 0.25) is 15.9 Å².